The van der Waals surface area contributed by atoms with Gasteiger partial charge < -0.3 is 10.6 Å². The van der Waals surface area contributed by atoms with Crippen LogP contribution in [-0.2, 0) is 9.59 Å². The number of amides is 2. The molecule has 0 fully saturated rings. The monoisotopic (exact) mass is 240 g/mol. The Hall–Kier alpha value is -0.480. The van der Waals surface area contributed by atoms with Crippen molar-refractivity contribution < 1.29 is 9.59 Å². The van der Waals surface area contributed by atoms with Crippen molar-refractivity contribution >= 4 is 35.0 Å². The lowest BCUT2D eigenvalue weighted by Gasteiger charge is -2.08. The Bertz CT molecular complexity index is 186. The van der Waals surface area contributed by atoms with Crippen molar-refractivity contribution in [1.29, 1.82) is 0 Å². The topological polar surface area (TPSA) is 58.2 Å². The molecule has 2 N–H and O–H groups in total. The third kappa shape index (κ3) is 6.05. The van der Waals surface area contributed by atoms with E-state index in [2.05, 4.69) is 10.6 Å². The van der Waals surface area contributed by atoms with Crippen molar-refractivity contribution in [2.45, 2.75) is 18.7 Å². The molecule has 82 valence electrons. The van der Waals surface area contributed by atoms with Crippen LogP contribution in [0.15, 0.2) is 0 Å². The van der Waals surface area contributed by atoms with Crippen molar-refractivity contribution in [3.63, 3.8) is 0 Å². The highest BCUT2D eigenvalue weighted by atomic mass is 35.5. The van der Waals surface area contributed by atoms with Crippen LogP contribution in [0.4, 0.5) is 0 Å². The van der Waals surface area contributed by atoms with Crippen LogP contribution in [0.25, 0.3) is 0 Å². The molecule has 2 amide bonds. The molecular weight excluding hydrogens is 227 g/mol. The first kappa shape index (κ1) is 13.5. The maximum atomic E-state index is 11.0. The summed E-state index contributed by atoms with van der Waals surface area (Å²) < 4.78 is 0. The van der Waals surface area contributed by atoms with Crippen LogP contribution in [0, 0.1) is 5.92 Å². The summed E-state index contributed by atoms with van der Waals surface area (Å²) in [6.07, 6.45) is 0. The molecule has 0 saturated heterocycles. The zero-order chi connectivity index (χ0) is 11.1. The van der Waals surface area contributed by atoms with Crippen molar-refractivity contribution in [3.8, 4) is 0 Å². The van der Waals surface area contributed by atoms with E-state index >= 15 is 0 Å². The number of alkyl halides is 2. The van der Waals surface area contributed by atoms with Crippen LogP contribution in [0.3, 0.4) is 0 Å². The van der Waals surface area contributed by atoms with Crippen molar-refractivity contribution in [2.24, 2.45) is 5.92 Å². The van der Waals surface area contributed by atoms with Gasteiger partial charge in [0.15, 0.2) is 4.84 Å². The fraction of sp³-hybridized carbons (Fsp3) is 0.750. The molecule has 0 radical (unpaired) electrons. The molecule has 0 spiro atoms. The van der Waals surface area contributed by atoms with Gasteiger partial charge in [-0.15, -0.1) is 0 Å². The van der Waals surface area contributed by atoms with Crippen LogP contribution in [-0.4, -0.2) is 29.7 Å². The Kier molecular flexibility index (Phi) is 6.66. The summed E-state index contributed by atoms with van der Waals surface area (Å²) >= 11 is 10.6. The molecule has 0 rings (SSSR count). The summed E-state index contributed by atoms with van der Waals surface area (Å²) in [4.78, 5) is 20.8. The number of hydrogen-bond donors (Lipinski definition) is 2. The van der Waals surface area contributed by atoms with Gasteiger partial charge in [-0.3, -0.25) is 9.59 Å². The van der Waals surface area contributed by atoms with Gasteiger partial charge in [-0.2, -0.15) is 0 Å². The molecule has 0 aromatic carbocycles. The van der Waals surface area contributed by atoms with Crippen molar-refractivity contribution in [1.82, 2.24) is 10.6 Å². The van der Waals surface area contributed by atoms with Gasteiger partial charge >= 0.3 is 0 Å². The normalized spacial score (nSPS) is 10.4. The minimum atomic E-state index is -1.06. The van der Waals surface area contributed by atoms with Gasteiger partial charge in [0.2, 0.25) is 5.91 Å². The first-order valence-electron chi connectivity index (χ1n) is 4.28. The minimum absolute atomic E-state index is 0.0486. The summed E-state index contributed by atoms with van der Waals surface area (Å²) in [7, 11) is 0. The second-order valence-corrected chi connectivity index (χ2v) is 4.13. The first-order valence-corrected chi connectivity index (χ1v) is 5.16. The van der Waals surface area contributed by atoms with Gasteiger partial charge in [-0.25, -0.2) is 0 Å². The average molecular weight is 241 g/mol. The van der Waals surface area contributed by atoms with E-state index in [1.165, 1.54) is 0 Å². The lowest BCUT2D eigenvalue weighted by Crippen LogP contribution is -2.38. The molecule has 0 unspecified atom stereocenters. The lowest BCUT2D eigenvalue weighted by atomic mass is 10.2. The second-order valence-electron chi connectivity index (χ2n) is 3.04. The molecule has 0 aliphatic heterocycles. The molecule has 0 atom stereocenters. The molecule has 0 aliphatic carbocycles. The molecule has 0 bridgehead atoms. The Morgan fingerprint density at radius 2 is 1.50 bits per heavy atom. The summed E-state index contributed by atoms with van der Waals surface area (Å²) in [6, 6.07) is 0. The van der Waals surface area contributed by atoms with Crippen LogP contribution < -0.4 is 10.6 Å². The van der Waals surface area contributed by atoms with Crippen molar-refractivity contribution in [2.75, 3.05) is 13.1 Å². The molecular formula is C8H14Cl2N2O2. The quantitative estimate of drug-likeness (QED) is 0.549. The van der Waals surface area contributed by atoms with Crippen LogP contribution in [0.2, 0.25) is 0 Å². The van der Waals surface area contributed by atoms with E-state index in [0.29, 0.717) is 13.1 Å². The number of carbonyl (C=O) groups excluding carboxylic acids is 2. The van der Waals surface area contributed by atoms with Gasteiger partial charge in [-0.05, 0) is 0 Å². The number of nitrogens with one attached hydrogen (secondary N) is 2. The average Bonchev–Trinajstić information content (AvgIpc) is 2.11. The van der Waals surface area contributed by atoms with E-state index in [9.17, 15) is 9.59 Å². The van der Waals surface area contributed by atoms with Gasteiger partial charge in [0, 0.05) is 19.0 Å². The maximum Gasteiger partial charge on any atom is 0.253 e. The predicted molar refractivity (Wildman–Crippen MR) is 56.4 cm³/mol. The van der Waals surface area contributed by atoms with E-state index in [0.717, 1.165) is 0 Å². The summed E-state index contributed by atoms with van der Waals surface area (Å²) in [5, 5.41) is 5.10. The largest absolute Gasteiger partial charge is 0.354 e. The lowest BCUT2D eigenvalue weighted by molar-refractivity contribution is -0.124. The zero-order valence-electron chi connectivity index (χ0n) is 8.14. The van der Waals surface area contributed by atoms with Crippen LogP contribution in [0.5, 0.6) is 0 Å². The Morgan fingerprint density at radius 1 is 1.07 bits per heavy atom. The van der Waals surface area contributed by atoms with Gasteiger partial charge in [-0.1, -0.05) is 37.0 Å². The fourth-order valence-electron chi connectivity index (χ4n) is 0.653. The molecule has 0 aliphatic rings. The molecule has 4 nitrogen and oxygen atoms in total. The van der Waals surface area contributed by atoms with Gasteiger partial charge in [0.25, 0.3) is 5.91 Å². The number of hydrogen-bond acceptors (Lipinski definition) is 2. The molecule has 6 heteroatoms. The van der Waals surface area contributed by atoms with Gasteiger partial charge in [0.05, 0.1) is 0 Å². The highest BCUT2D eigenvalue weighted by molar-refractivity contribution is 6.53. The molecule has 0 heterocycles. The highest BCUT2D eigenvalue weighted by Gasteiger charge is 2.10. The summed E-state index contributed by atoms with van der Waals surface area (Å²) in [6.45, 7) is 4.29. The third-order valence-corrected chi connectivity index (χ3v) is 1.84. The van der Waals surface area contributed by atoms with Crippen LogP contribution in [0.1, 0.15) is 13.8 Å². The number of carbonyl (C=O) groups is 2. The van der Waals surface area contributed by atoms with E-state index < -0.39 is 10.7 Å². The van der Waals surface area contributed by atoms with Crippen LogP contribution >= 0.6 is 23.2 Å². The SMILES string of the molecule is CC(C)C(=O)NCCNC(=O)C(Cl)Cl. The van der Waals surface area contributed by atoms with Gasteiger partial charge in [0.1, 0.15) is 0 Å². The number of rotatable bonds is 5. The second kappa shape index (κ2) is 6.90. The molecule has 0 saturated carbocycles. The van der Waals surface area contributed by atoms with E-state index in [1.807, 2.05) is 0 Å². The molecule has 14 heavy (non-hydrogen) atoms. The smallest absolute Gasteiger partial charge is 0.253 e. The standard InChI is InChI=1S/C8H14Cl2N2O2/c1-5(2)7(13)11-3-4-12-8(14)6(9)10/h5-6H,3-4H2,1-2H3,(H,11,13)(H,12,14). The minimum Gasteiger partial charge on any atom is -0.354 e. The summed E-state index contributed by atoms with van der Waals surface area (Å²) in [5.74, 6) is -0.556. The van der Waals surface area contributed by atoms with E-state index in [4.69, 9.17) is 23.2 Å². The third-order valence-electron chi connectivity index (χ3n) is 1.45. The Morgan fingerprint density at radius 3 is 1.86 bits per heavy atom. The zero-order valence-corrected chi connectivity index (χ0v) is 9.65. The molecule has 0 aromatic heterocycles. The number of halogens is 2. The molecule has 0 aromatic rings. The summed E-state index contributed by atoms with van der Waals surface area (Å²) in [5.41, 5.74) is 0. The Balaban J connectivity index is 3.48. The maximum absolute atomic E-state index is 11.0. The Labute approximate surface area is 93.3 Å². The first-order chi connectivity index (χ1) is 6.45. The van der Waals surface area contributed by atoms with Crippen molar-refractivity contribution in [3.05, 3.63) is 0 Å². The predicted octanol–water partition coefficient (Wildman–Crippen LogP) is 0.678. The fourth-order valence-corrected chi connectivity index (χ4v) is 0.807. The van der Waals surface area contributed by atoms with E-state index in [-0.39, 0.29) is 11.8 Å². The highest BCUT2D eigenvalue weighted by Crippen LogP contribution is 1.99. The van der Waals surface area contributed by atoms with E-state index in [1.54, 1.807) is 13.8 Å².